The maximum absolute atomic E-state index is 12.6. The predicted molar refractivity (Wildman–Crippen MR) is 130 cm³/mol. The average Bonchev–Trinajstić information content (AvgIpc) is 3.43. The van der Waals surface area contributed by atoms with Crippen molar-refractivity contribution in [3.8, 4) is 11.3 Å². The number of H-pyrrole nitrogens is 2. The van der Waals surface area contributed by atoms with Gasteiger partial charge in [0.15, 0.2) is 0 Å². The number of para-hydroxylation sites is 2. The Kier molecular flexibility index (Phi) is 5.52. The van der Waals surface area contributed by atoms with Crippen molar-refractivity contribution >= 4 is 45.3 Å². The number of aromatic nitrogens is 2. The summed E-state index contributed by atoms with van der Waals surface area (Å²) in [5.41, 5.74) is 4.50. The number of benzene rings is 3. The fourth-order valence-corrected chi connectivity index (χ4v) is 4.91. The van der Waals surface area contributed by atoms with Crippen LogP contribution in [0.5, 0.6) is 0 Å². The third-order valence-corrected chi connectivity index (χ3v) is 6.52. The van der Waals surface area contributed by atoms with Gasteiger partial charge in [-0.3, -0.25) is 9.59 Å². The van der Waals surface area contributed by atoms with E-state index in [1.54, 1.807) is 18.0 Å². The highest BCUT2D eigenvalue weighted by Gasteiger charge is 2.19. The van der Waals surface area contributed by atoms with E-state index in [4.69, 9.17) is 0 Å². The number of nitrogens with one attached hydrogen (secondary N) is 3. The lowest BCUT2D eigenvalue weighted by Gasteiger charge is -2.07. The van der Waals surface area contributed by atoms with Gasteiger partial charge in [0.2, 0.25) is 0 Å². The SMILES string of the molecule is O=C(NCCSc1c(-c2ccccc2)[nH]c2ccccc12)C(=O)c1c[nH]c2ccccc12. The second-order valence-electron chi connectivity index (χ2n) is 7.42. The van der Waals surface area contributed by atoms with Crippen LogP contribution in [0.4, 0.5) is 0 Å². The van der Waals surface area contributed by atoms with E-state index < -0.39 is 11.7 Å². The molecule has 0 fully saturated rings. The number of thioether (sulfide) groups is 1. The summed E-state index contributed by atoms with van der Waals surface area (Å²) in [6.07, 6.45) is 1.60. The average molecular weight is 440 g/mol. The van der Waals surface area contributed by atoms with Crippen molar-refractivity contribution < 1.29 is 9.59 Å². The number of aromatic amines is 2. The van der Waals surface area contributed by atoms with Crippen molar-refractivity contribution in [2.75, 3.05) is 12.3 Å². The Morgan fingerprint density at radius 3 is 2.31 bits per heavy atom. The zero-order valence-corrected chi connectivity index (χ0v) is 18.0. The number of hydrogen-bond donors (Lipinski definition) is 3. The van der Waals surface area contributed by atoms with Crippen LogP contribution in [0.2, 0.25) is 0 Å². The van der Waals surface area contributed by atoms with Crippen LogP contribution in [0.3, 0.4) is 0 Å². The van der Waals surface area contributed by atoms with E-state index >= 15 is 0 Å². The molecule has 0 radical (unpaired) electrons. The lowest BCUT2D eigenvalue weighted by Crippen LogP contribution is -2.32. The Hall–Kier alpha value is -3.77. The maximum Gasteiger partial charge on any atom is 0.292 e. The molecule has 2 heterocycles. The van der Waals surface area contributed by atoms with Gasteiger partial charge in [-0.05, 0) is 17.7 Å². The van der Waals surface area contributed by atoms with Crippen molar-refractivity contribution in [2.24, 2.45) is 0 Å². The molecule has 5 nitrogen and oxygen atoms in total. The van der Waals surface area contributed by atoms with Crippen molar-refractivity contribution in [1.29, 1.82) is 0 Å². The molecule has 3 aromatic carbocycles. The molecule has 0 bridgehead atoms. The quantitative estimate of drug-likeness (QED) is 0.137. The zero-order chi connectivity index (χ0) is 21.9. The molecule has 32 heavy (non-hydrogen) atoms. The zero-order valence-electron chi connectivity index (χ0n) is 17.2. The number of amides is 1. The molecule has 2 aromatic heterocycles. The third kappa shape index (κ3) is 3.81. The van der Waals surface area contributed by atoms with Crippen molar-refractivity contribution in [3.05, 3.63) is 90.6 Å². The van der Waals surface area contributed by atoms with Gasteiger partial charge in [0.1, 0.15) is 0 Å². The molecule has 0 aliphatic heterocycles. The van der Waals surface area contributed by atoms with E-state index in [-0.39, 0.29) is 0 Å². The van der Waals surface area contributed by atoms with E-state index in [1.807, 2.05) is 54.6 Å². The fourth-order valence-electron chi connectivity index (χ4n) is 3.85. The Morgan fingerprint density at radius 2 is 1.50 bits per heavy atom. The molecule has 0 saturated heterocycles. The first-order chi connectivity index (χ1) is 15.7. The molecule has 5 rings (SSSR count). The summed E-state index contributed by atoms with van der Waals surface area (Å²) < 4.78 is 0. The number of ketones is 1. The van der Waals surface area contributed by atoms with Crippen LogP contribution in [0, 0.1) is 0 Å². The second-order valence-corrected chi connectivity index (χ2v) is 8.53. The summed E-state index contributed by atoms with van der Waals surface area (Å²) in [6.45, 7) is 0.394. The third-order valence-electron chi connectivity index (χ3n) is 5.40. The number of rotatable bonds is 7. The summed E-state index contributed by atoms with van der Waals surface area (Å²) in [7, 11) is 0. The predicted octanol–water partition coefficient (Wildman–Crippen LogP) is 5.41. The number of hydrogen-bond acceptors (Lipinski definition) is 3. The largest absolute Gasteiger partial charge is 0.360 e. The van der Waals surface area contributed by atoms with Crippen LogP contribution in [0.25, 0.3) is 33.1 Å². The molecule has 0 aliphatic rings. The van der Waals surface area contributed by atoms with Gasteiger partial charge in [0, 0.05) is 45.2 Å². The lowest BCUT2D eigenvalue weighted by atomic mass is 10.1. The minimum atomic E-state index is -0.586. The molecular weight excluding hydrogens is 418 g/mol. The number of carbonyl (C=O) groups excluding carboxylic acids is 2. The second kappa shape index (κ2) is 8.77. The van der Waals surface area contributed by atoms with Gasteiger partial charge in [0.05, 0.1) is 11.3 Å². The topological polar surface area (TPSA) is 77.8 Å². The Balaban J connectivity index is 1.28. The van der Waals surface area contributed by atoms with Gasteiger partial charge >= 0.3 is 0 Å². The molecule has 0 aliphatic carbocycles. The fraction of sp³-hybridized carbons (Fsp3) is 0.0769. The van der Waals surface area contributed by atoms with Crippen LogP contribution in [-0.4, -0.2) is 34.0 Å². The minimum Gasteiger partial charge on any atom is -0.360 e. The molecule has 158 valence electrons. The molecule has 3 N–H and O–H groups in total. The summed E-state index contributed by atoms with van der Waals surface area (Å²) in [6, 6.07) is 25.9. The van der Waals surface area contributed by atoms with Gasteiger partial charge in [-0.15, -0.1) is 11.8 Å². The number of Topliss-reactive ketones (excluding diaryl/α,β-unsaturated/α-hetero) is 1. The monoisotopic (exact) mass is 439 g/mol. The van der Waals surface area contributed by atoms with E-state index in [0.29, 0.717) is 17.9 Å². The molecule has 0 unspecified atom stereocenters. The van der Waals surface area contributed by atoms with E-state index in [9.17, 15) is 9.59 Å². The molecular formula is C26H21N3O2S. The van der Waals surface area contributed by atoms with Crippen LogP contribution in [-0.2, 0) is 4.79 Å². The van der Waals surface area contributed by atoms with Gasteiger partial charge < -0.3 is 15.3 Å². The van der Waals surface area contributed by atoms with E-state index in [0.717, 1.165) is 38.0 Å². The first-order valence-electron chi connectivity index (χ1n) is 10.4. The summed E-state index contributed by atoms with van der Waals surface area (Å²) in [4.78, 5) is 32.8. The summed E-state index contributed by atoms with van der Waals surface area (Å²) >= 11 is 1.67. The van der Waals surface area contributed by atoms with Crippen LogP contribution >= 0.6 is 11.8 Å². The summed E-state index contributed by atoms with van der Waals surface area (Å²) in [5, 5.41) is 4.68. The van der Waals surface area contributed by atoms with Crippen molar-refractivity contribution in [1.82, 2.24) is 15.3 Å². The van der Waals surface area contributed by atoms with Crippen molar-refractivity contribution in [2.45, 2.75) is 4.90 Å². The first kappa shape index (κ1) is 20.2. The first-order valence-corrected chi connectivity index (χ1v) is 11.4. The number of carbonyl (C=O) groups is 2. The number of fused-ring (bicyclic) bond motifs is 2. The highest BCUT2D eigenvalue weighted by Crippen LogP contribution is 2.37. The Morgan fingerprint density at radius 1 is 0.812 bits per heavy atom. The maximum atomic E-state index is 12.6. The van der Waals surface area contributed by atoms with Gasteiger partial charge in [0.25, 0.3) is 11.7 Å². The highest BCUT2D eigenvalue weighted by molar-refractivity contribution is 7.99. The summed E-state index contributed by atoms with van der Waals surface area (Å²) in [5.74, 6) is -0.462. The Bertz CT molecular complexity index is 1420. The molecule has 0 saturated carbocycles. The molecule has 1 amide bonds. The standard InChI is InChI=1S/C26H21N3O2S/c30-24(20-16-28-21-12-6-4-10-18(20)21)26(31)27-14-15-32-25-19-11-5-7-13-22(19)29-23(25)17-8-2-1-3-9-17/h1-13,16,28-29H,14-15H2,(H,27,31). The van der Waals surface area contributed by atoms with Crippen LogP contribution < -0.4 is 5.32 Å². The smallest absolute Gasteiger partial charge is 0.292 e. The van der Waals surface area contributed by atoms with Crippen molar-refractivity contribution in [3.63, 3.8) is 0 Å². The van der Waals surface area contributed by atoms with Gasteiger partial charge in [-0.2, -0.15) is 0 Å². The molecule has 0 spiro atoms. The van der Waals surface area contributed by atoms with Crippen LogP contribution in [0.1, 0.15) is 10.4 Å². The molecule has 6 heteroatoms. The molecule has 5 aromatic rings. The highest BCUT2D eigenvalue weighted by atomic mass is 32.2. The van der Waals surface area contributed by atoms with Crippen LogP contribution in [0.15, 0.2) is 90.0 Å². The Labute approximate surface area is 189 Å². The van der Waals surface area contributed by atoms with Gasteiger partial charge in [-0.1, -0.05) is 66.7 Å². The van der Waals surface area contributed by atoms with E-state index in [1.165, 1.54) is 0 Å². The van der Waals surface area contributed by atoms with Gasteiger partial charge in [-0.25, -0.2) is 0 Å². The molecule has 0 atom stereocenters. The van der Waals surface area contributed by atoms with E-state index in [2.05, 4.69) is 39.6 Å². The normalized spacial score (nSPS) is 11.1. The lowest BCUT2D eigenvalue weighted by molar-refractivity contribution is -0.116. The minimum absolute atomic E-state index is 0.394.